The molecule has 0 bridgehead atoms. The van der Waals surface area contributed by atoms with Gasteiger partial charge in [0.2, 0.25) is 0 Å². The van der Waals surface area contributed by atoms with Gasteiger partial charge in [-0.25, -0.2) is 0 Å². The van der Waals surface area contributed by atoms with Crippen LogP contribution >= 0.6 is 0 Å². The van der Waals surface area contributed by atoms with Crippen molar-refractivity contribution < 1.29 is 24.9 Å². The van der Waals surface area contributed by atoms with E-state index in [1.807, 2.05) is 0 Å². The molecule has 1 atom stereocenters. The van der Waals surface area contributed by atoms with Crippen molar-refractivity contribution in [3.8, 4) is 0 Å². The predicted molar refractivity (Wildman–Crippen MR) is 30.4 cm³/mol. The first kappa shape index (κ1) is 9.06. The Balaban J connectivity index is 4.05. The number of rotatable bonds is 4. The van der Waals surface area contributed by atoms with Crippen molar-refractivity contribution in [3.63, 3.8) is 0 Å². The minimum atomic E-state index is -2.12. The number of hydrogen-bond donors (Lipinski definition) is 3. The summed E-state index contributed by atoms with van der Waals surface area (Å²) in [6, 6.07) is 0. The molecule has 5 heteroatoms. The van der Waals surface area contributed by atoms with E-state index in [-0.39, 0.29) is 6.29 Å². The first-order valence-corrected chi connectivity index (χ1v) is 2.55. The molecule has 5 nitrogen and oxygen atoms in total. The van der Waals surface area contributed by atoms with Gasteiger partial charge in [0.05, 0.1) is 13.0 Å². The van der Waals surface area contributed by atoms with E-state index in [9.17, 15) is 9.59 Å². The Morgan fingerprint density at radius 2 is 2.10 bits per heavy atom. The molecule has 0 aliphatic rings. The van der Waals surface area contributed by atoms with Crippen LogP contribution in [0.1, 0.15) is 6.42 Å². The molecule has 0 aromatic rings. The first-order valence-electron chi connectivity index (χ1n) is 2.55. The Morgan fingerprint density at radius 1 is 1.60 bits per heavy atom. The number of aliphatic hydroxyl groups excluding tert-OH is 1. The Morgan fingerprint density at radius 3 is 2.20 bits per heavy atom. The van der Waals surface area contributed by atoms with Crippen LogP contribution in [0, 0.1) is 0 Å². The Bertz CT molecular complexity index is 143. The minimum Gasteiger partial charge on any atom is -0.481 e. The summed E-state index contributed by atoms with van der Waals surface area (Å²) >= 11 is 0. The fraction of sp³-hybridized carbons (Fsp3) is 0.600. The van der Waals surface area contributed by atoms with Gasteiger partial charge in [-0.3, -0.25) is 4.79 Å². The van der Waals surface area contributed by atoms with Gasteiger partial charge in [-0.05, 0) is 0 Å². The van der Waals surface area contributed by atoms with E-state index >= 15 is 0 Å². The zero-order valence-electron chi connectivity index (χ0n) is 5.15. The van der Waals surface area contributed by atoms with E-state index < -0.39 is 24.6 Å². The molecule has 0 spiro atoms. The molecule has 0 rings (SSSR count). The maximum absolute atomic E-state index is 9.92. The fourth-order valence-corrected chi connectivity index (χ4v) is 0.397. The van der Waals surface area contributed by atoms with Crippen molar-refractivity contribution >= 4 is 12.3 Å². The second kappa shape index (κ2) is 3.28. The number of aliphatic carboxylic acids is 1. The van der Waals surface area contributed by atoms with E-state index in [2.05, 4.69) is 0 Å². The fourth-order valence-electron chi connectivity index (χ4n) is 0.397. The van der Waals surface area contributed by atoms with Gasteiger partial charge >= 0.3 is 5.97 Å². The van der Waals surface area contributed by atoms with Crippen LogP contribution < -0.4 is 0 Å². The lowest BCUT2D eigenvalue weighted by Crippen LogP contribution is -2.37. The largest absolute Gasteiger partial charge is 0.481 e. The van der Waals surface area contributed by atoms with Gasteiger partial charge < -0.3 is 20.1 Å². The Kier molecular flexibility index (Phi) is 2.98. The number of aliphatic hydroxyl groups is 2. The van der Waals surface area contributed by atoms with Gasteiger partial charge in [0.25, 0.3) is 0 Å². The van der Waals surface area contributed by atoms with Gasteiger partial charge in [-0.15, -0.1) is 0 Å². The lowest BCUT2D eigenvalue weighted by Gasteiger charge is -2.14. The summed E-state index contributed by atoms with van der Waals surface area (Å²) in [6.07, 6.45) is -0.756. The summed E-state index contributed by atoms with van der Waals surface area (Å²) in [6.45, 7) is -0.872. The van der Waals surface area contributed by atoms with Crippen LogP contribution in [-0.4, -0.2) is 39.8 Å². The van der Waals surface area contributed by atoms with E-state index in [4.69, 9.17) is 15.3 Å². The molecule has 0 aliphatic heterocycles. The van der Waals surface area contributed by atoms with E-state index in [0.717, 1.165) is 0 Å². The summed E-state index contributed by atoms with van der Waals surface area (Å²) < 4.78 is 0. The first-order chi connectivity index (χ1) is 4.54. The van der Waals surface area contributed by atoms with Gasteiger partial charge in [-0.2, -0.15) is 0 Å². The SMILES string of the molecule is O=CC(O)(CO)CC(=O)O. The van der Waals surface area contributed by atoms with Crippen LogP contribution in [0.2, 0.25) is 0 Å². The topological polar surface area (TPSA) is 94.8 Å². The predicted octanol–water partition coefficient (Wildman–Crippen LogP) is -1.62. The quantitative estimate of drug-likeness (QED) is 0.416. The van der Waals surface area contributed by atoms with Gasteiger partial charge in [0.1, 0.15) is 0 Å². The van der Waals surface area contributed by atoms with Crippen molar-refractivity contribution in [3.05, 3.63) is 0 Å². The number of hydrogen-bond acceptors (Lipinski definition) is 4. The maximum atomic E-state index is 9.92. The third kappa shape index (κ3) is 2.56. The molecule has 0 radical (unpaired) electrons. The highest BCUT2D eigenvalue weighted by Gasteiger charge is 2.28. The number of aldehydes is 1. The van der Waals surface area contributed by atoms with Crippen LogP contribution in [0.25, 0.3) is 0 Å². The molecule has 0 amide bonds. The molecule has 0 fully saturated rings. The molecular formula is C5H8O5. The molecular weight excluding hydrogens is 140 g/mol. The van der Waals surface area contributed by atoms with E-state index in [1.165, 1.54) is 0 Å². The van der Waals surface area contributed by atoms with Crippen molar-refractivity contribution in [1.29, 1.82) is 0 Å². The molecule has 10 heavy (non-hydrogen) atoms. The van der Waals surface area contributed by atoms with Gasteiger partial charge in [0, 0.05) is 0 Å². The summed E-state index contributed by atoms with van der Waals surface area (Å²) in [4.78, 5) is 19.8. The van der Waals surface area contributed by atoms with Crippen molar-refractivity contribution in [1.82, 2.24) is 0 Å². The second-order valence-corrected chi connectivity index (χ2v) is 1.95. The molecule has 0 saturated carbocycles. The molecule has 0 aromatic heterocycles. The van der Waals surface area contributed by atoms with Crippen molar-refractivity contribution in [2.75, 3.05) is 6.61 Å². The third-order valence-corrected chi connectivity index (χ3v) is 0.951. The molecule has 0 heterocycles. The minimum absolute atomic E-state index is 0.0150. The zero-order chi connectivity index (χ0) is 8.20. The molecule has 0 aromatic carbocycles. The average molecular weight is 148 g/mol. The van der Waals surface area contributed by atoms with Gasteiger partial charge in [-0.1, -0.05) is 0 Å². The maximum Gasteiger partial charge on any atom is 0.306 e. The lowest BCUT2D eigenvalue weighted by molar-refractivity contribution is -0.148. The Hall–Kier alpha value is -0.940. The highest BCUT2D eigenvalue weighted by molar-refractivity contribution is 5.76. The number of carboxylic acid groups (broad SMARTS) is 1. The van der Waals surface area contributed by atoms with Crippen LogP contribution in [0.15, 0.2) is 0 Å². The average Bonchev–Trinajstić information content (AvgIpc) is 1.87. The molecule has 0 saturated heterocycles. The highest BCUT2D eigenvalue weighted by atomic mass is 16.4. The lowest BCUT2D eigenvalue weighted by atomic mass is 10.0. The van der Waals surface area contributed by atoms with Gasteiger partial charge in [0.15, 0.2) is 11.9 Å². The van der Waals surface area contributed by atoms with E-state index in [0.29, 0.717) is 0 Å². The van der Waals surface area contributed by atoms with Crippen LogP contribution in [0.4, 0.5) is 0 Å². The number of carbonyl (C=O) groups excluding carboxylic acids is 1. The summed E-state index contributed by atoms with van der Waals surface area (Å²) in [5.74, 6) is -1.33. The van der Waals surface area contributed by atoms with E-state index in [1.54, 1.807) is 0 Å². The summed E-state index contributed by atoms with van der Waals surface area (Å²) in [5.41, 5.74) is -2.12. The zero-order valence-corrected chi connectivity index (χ0v) is 5.15. The van der Waals surface area contributed by atoms with Crippen LogP contribution in [-0.2, 0) is 9.59 Å². The number of carbonyl (C=O) groups is 2. The van der Waals surface area contributed by atoms with Crippen LogP contribution in [0.3, 0.4) is 0 Å². The summed E-state index contributed by atoms with van der Waals surface area (Å²) in [5, 5.41) is 25.2. The normalized spacial score (nSPS) is 15.8. The second-order valence-electron chi connectivity index (χ2n) is 1.95. The molecule has 3 N–H and O–H groups in total. The molecule has 1 unspecified atom stereocenters. The summed E-state index contributed by atoms with van der Waals surface area (Å²) in [7, 11) is 0. The molecule has 58 valence electrons. The monoisotopic (exact) mass is 148 g/mol. The standard InChI is InChI=1S/C5H8O5/c6-2-5(10,3-7)1-4(8)9/h2,7,10H,1,3H2,(H,8,9). The van der Waals surface area contributed by atoms with Crippen molar-refractivity contribution in [2.24, 2.45) is 0 Å². The highest BCUT2D eigenvalue weighted by Crippen LogP contribution is 2.04. The third-order valence-electron chi connectivity index (χ3n) is 0.951. The Labute approximate surface area is 56.9 Å². The molecule has 0 aliphatic carbocycles. The smallest absolute Gasteiger partial charge is 0.306 e. The van der Waals surface area contributed by atoms with Crippen LogP contribution in [0.5, 0.6) is 0 Å². The van der Waals surface area contributed by atoms with Crippen molar-refractivity contribution in [2.45, 2.75) is 12.0 Å². The number of carboxylic acids is 1.